The fraction of sp³-hybridized carbons (Fsp3) is 0.641. The van der Waals surface area contributed by atoms with Crippen LogP contribution in [-0.4, -0.2) is 158 Å². The summed E-state index contributed by atoms with van der Waals surface area (Å²) in [6, 6.07) is 16.6. The molecule has 3 aliphatic rings. The van der Waals surface area contributed by atoms with Gasteiger partial charge in [0.15, 0.2) is 0 Å². The molecule has 3 fully saturated rings. The Labute approximate surface area is 554 Å². The summed E-state index contributed by atoms with van der Waals surface area (Å²) in [6.45, 7) is 46.7. The Balaban J connectivity index is 0.992. The Kier molecular flexibility index (Phi) is 25.6. The molecule has 0 spiro atoms. The summed E-state index contributed by atoms with van der Waals surface area (Å²) in [5.74, 6) is 1.08. The second-order valence-corrected chi connectivity index (χ2v) is 32.5. The molecule has 4 N–H and O–H groups in total. The smallest absolute Gasteiger partial charge is 0.128 e. The van der Waals surface area contributed by atoms with Crippen LogP contribution in [0.1, 0.15) is 243 Å². The lowest BCUT2D eigenvalue weighted by molar-refractivity contribution is 0.00623. The normalized spacial score (nSPS) is 21.4. The zero-order valence-corrected chi connectivity index (χ0v) is 59.9. The van der Waals surface area contributed by atoms with Crippen molar-refractivity contribution in [3.8, 4) is 23.0 Å². The lowest BCUT2D eigenvalue weighted by atomic mass is 9.79. The number of aliphatic imine (C=N–C) groups is 4. The molecule has 92 heavy (non-hydrogen) atoms. The molecular weight excluding hydrogens is 1150 g/mol. The minimum Gasteiger partial charge on any atom is -0.507 e. The maximum Gasteiger partial charge on any atom is 0.128 e. The van der Waals surface area contributed by atoms with E-state index in [1.54, 1.807) is 0 Å². The highest BCUT2D eigenvalue weighted by Gasteiger charge is 2.31. The van der Waals surface area contributed by atoms with Gasteiger partial charge in [0.1, 0.15) is 23.0 Å². The standard InChI is InChI=1S/C78H118N6O8/c1-73(2,3)59-43-57(71(87)63(45-59)77(13,14)15)49-81-67-25-21-19-23-65(67)79-47-55-39-53(41-61(69(55)85)75(7,8)9)51-83-27-31-89-35-37-91-33-29-84(30-34-92-38-36-90-32-28-83)52-54-40-56(70(86)62(42-54)76(10,11)12)48-80-66-24-20-22-26-68(66)82-50-58-44-60(74(4,5)6)46-64(72(58)88)78(16,17)18/h39-50,65-68,85-88H,19-38,51-52H2,1-18H3. The molecule has 4 atom stereocenters. The number of hydrogen-bond donors (Lipinski definition) is 4. The van der Waals surface area contributed by atoms with Gasteiger partial charge in [0.2, 0.25) is 0 Å². The van der Waals surface area contributed by atoms with Gasteiger partial charge in [0, 0.05) is 109 Å². The molecule has 1 heterocycles. The molecule has 14 heteroatoms. The fourth-order valence-electron chi connectivity index (χ4n) is 12.5. The molecule has 4 aromatic rings. The predicted molar refractivity (Wildman–Crippen MR) is 381 cm³/mol. The van der Waals surface area contributed by atoms with E-state index in [-0.39, 0.29) is 79.7 Å². The van der Waals surface area contributed by atoms with Crippen molar-refractivity contribution in [3.63, 3.8) is 0 Å². The van der Waals surface area contributed by atoms with Crippen LogP contribution >= 0.6 is 0 Å². The molecule has 7 rings (SSSR count). The van der Waals surface area contributed by atoms with Crippen LogP contribution in [0.4, 0.5) is 0 Å². The highest BCUT2D eigenvalue weighted by atomic mass is 16.5. The average Bonchev–Trinajstić information content (AvgIpc) is 0.823. The summed E-state index contributed by atoms with van der Waals surface area (Å²) in [4.78, 5) is 25.4. The Hall–Kier alpha value is -5.48. The maximum atomic E-state index is 11.9. The van der Waals surface area contributed by atoms with Gasteiger partial charge >= 0.3 is 0 Å². The van der Waals surface area contributed by atoms with Crippen molar-refractivity contribution in [2.75, 3.05) is 79.0 Å². The first-order chi connectivity index (χ1) is 43.1. The zero-order chi connectivity index (χ0) is 67.4. The van der Waals surface area contributed by atoms with Crippen molar-refractivity contribution in [2.24, 2.45) is 20.0 Å². The summed E-state index contributed by atoms with van der Waals surface area (Å²) in [7, 11) is 0. The van der Waals surface area contributed by atoms with Crippen LogP contribution in [-0.2, 0) is 64.5 Å². The third-order valence-corrected chi connectivity index (χ3v) is 18.4. The molecular formula is C78H118N6O8. The Bertz CT molecular complexity index is 2950. The molecule has 2 aliphatic carbocycles. The molecule has 0 radical (unpaired) electrons. The van der Waals surface area contributed by atoms with Gasteiger partial charge in [-0.15, -0.1) is 0 Å². The summed E-state index contributed by atoms with van der Waals surface area (Å²) in [5.41, 5.74) is 9.63. The third kappa shape index (κ3) is 21.3. The van der Waals surface area contributed by atoms with E-state index in [0.29, 0.717) is 103 Å². The average molecular weight is 1270 g/mol. The van der Waals surface area contributed by atoms with Gasteiger partial charge in [-0.1, -0.05) is 175 Å². The van der Waals surface area contributed by atoms with Gasteiger partial charge < -0.3 is 39.4 Å². The largest absolute Gasteiger partial charge is 0.507 e. The molecule has 0 bridgehead atoms. The van der Waals surface area contributed by atoms with Gasteiger partial charge in [-0.3, -0.25) is 29.8 Å². The lowest BCUT2D eigenvalue weighted by Crippen LogP contribution is -2.33. The fourth-order valence-corrected chi connectivity index (χ4v) is 12.5. The van der Waals surface area contributed by atoms with Gasteiger partial charge in [-0.25, -0.2) is 0 Å². The van der Waals surface area contributed by atoms with Crippen molar-refractivity contribution in [2.45, 2.75) is 246 Å². The first-order valence-corrected chi connectivity index (χ1v) is 34.4. The third-order valence-electron chi connectivity index (χ3n) is 18.4. The highest BCUT2D eigenvalue weighted by Crippen LogP contribution is 2.41. The van der Waals surface area contributed by atoms with Gasteiger partial charge in [0.05, 0.1) is 77.0 Å². The lowest BCUT2D eigenvalue weighted by Gasteiger charge is -2.28. The quantitative estimate of drug-likeness (QED) is 0.1000. The van der Waals surface area contributed by atoms with Crippen molar-refractivity contribution < 1.29 is 39.4 Å². The molecule has 4 aromatic carbocycles. The van der Waals surface area contributed by atoms with Crippen LogP contribution in [0, 0.1) is 0 Å². The first kappa shape index (κ1) is 73.9. The second kappa shape index (κ2) is 31.8. The van der Waals surface area contributed by atoms with Crippen LogP contribution in [0.3, 0.4) is 0 Å². The number of phenols is 4. The van der Waals surface area contributed by atoms with E-state index in [4.69, 9.17) is 38.9 Å². The van der Waals surface area contributed by atoms with Crippen LogP contribution in [0.2, 0.25) is 0 Å². The summed E-state index contributed by atoms with van der Waals surface area (Å²) in [6.07, 6.45) is 15.3. The molecule has 508 valence electrons. The van der Waals surface area contributed by atoms with Crippen LogP contribution in [0.25, 0.3) is 0 Å². The monoisotopic (exact) mass is 1270 g/mol. The molecule has 0 amide bonds. The van der Waals surface area contributed by atoms with Crippen LogP contribution in [0.15, 0.2) is 68.5 Å². The topological polar surface area (TPSA) is 174 Å². The van der Waals surface area contributed by atoms with Gasteiger partial charge in [0.25, 0.3) is 0 Å². The van der Waals surface area contributed by atoms with Gasteiger partial charge in [-0.05, 0) is 105 Å². The molecule has 4 unspecified atom stereocenters. The minimum absolute atomic E-state index is 0.0505. The number of ether oxygens (including phenoxy) is 4. The minimum atomic E-state index is -0.324. The van der Waals surface area contributed by atoms with E-state index in [9.17, 15) is 20.4 Å². The Morgan fingerprint density at radius 3 is 0.815 bits per heavy atom. The molecule has 1 saturated heterocycles. The van der Waals surface area contributed by atoms with E-state index in [2.05, 4.69) is 183 Å². The number of rotatable bonds is 12. The van der Waals surface area contributed by atoms with Gasteiger partial charge in [-0.2, -0.15) is 0 Å². The van der Waals surface area contributed by atoms with Crippen LogP contribution < -0.4 is 0 Å². The van der Waals surface area contributed by atoms with Crippen molar-refractivity contribution in [3.05, 3.63) is 115 Å². The predicted octanol–water partition coefficient (Wildman–Crippen LogP) is 15.4. The Morgan fingerprint density at radius 1 is 0.337 bits per heavy atom. The van der Waals surface area contributed by atoms with E-state index in [0.717, 1.165) is 95.9 Å². The number of hydrogen-bond acceptors (Lipinski definition) is 14. The Morgan fingerprint density at radius 2 is 0.576 bits per heavy atom. The van der Waals surface area contributed by atoms with Crippen LogP contribution in [0.5, 0.6) is 23.0 Å². The van der Waals surface area contributed by atoms with E-state index in [1.165, 1.54) is 11.1 Å². The zero-order valence-electron chi connectivity index (χ0n) is 59.9. The number of nitrogens with zero attached hydrogens (tertiary/aromatic N) is 6. The van der Waals surface area contributed by atoms with E-state index < -0.39 is 0 Å². The molecule has 0 aromatic heterocycles. The summed E-state index contributed by atoms with van der Waals surface area (Å²) < 4.78 is 24.9. The number of benzene rings is 4. The van der Waals surface area contributed by atoms with Crippen molar-refractivity contribution in [1.29, 1.82) is 0 Å². The van der Waals surface area contributed by atoms with E-state index in [1.807, 2.05) is 24.9 Å². The number of aromatic hydroxyl groups is 4. The first-order valence-electron chi connectivity index (χ1n) is 34.4. The maximum absolute atomic E-state index is 11.9. The second-order valence-electron chi connectivity index (χ2n) is 32.5. The number of phenolic OH excluding ortho intramolecular Hbond substituents is 4. The molecule has 14 nitrogen and oxygen atoms in total. The highest BCUT2D eigenvalue weighted by molar-refractivity contribution is 5.87. The van der Waals surface area contributed by atoms with Crippen molar-refractivity contribution in [1.82, 2.24) is 9.80 Å². The summed E-state index contributed by atoms with van der Waals surface area (Å²) in [5, 5.41) is 46.8. The molecule has 1 aliphatic heterocycles. The van der Waals surface area contributed by atoms with E-state index >= 15 is 0 Å². The molecule has 2 saturated carbocycles. The van der Waals surface area contributed by atoms with Crippen molar-refractivity contribution >= 4 is 24.9 Å². The SMILES string of the molecule is CC(C)(C)c1cc(C=NC2CCCCC2N=Cc2cc(CN3CCOCCOCCN(Cc4cc(C=NC5CCCCC5N=Cc5cc(C(C)(C)C)cc(C(C)(C)C)c5O)c(O)c(C(C)(C)C)c4)CCOCCOCC3)cc(C(C)(C)C)c2O)c(O)c(C(C)(C)C)c1. The summed E-state index contributed by atoms with van der Waals surface area (Å²) >= 11 is 0.